The first-order valence-electron chi connectivity index (χ1n) is 5.78. The van der Waals surface area contributed by atoms with Crippen molar-refractivity contribution < 1.29 is 27.5 Å². The first-order valence-corrected chi connectivity index (χ1v) is 7.60. The van der Waals surface area contributed by atoms with Crippen LogP contribution in [0.1, 0.15) is 0 Å². The van der Waals surface area contributed by atoms with E-state index in [0.717, 1.165) is 12.2 Å². The SMILES string of the molecule is COC(=O)C=CC(=O)OCCN1CCS(=O)(=O)CC1.Cl. The number of esters is 2. The van der Waals surface area contributed by atoms with Gasteiger partial charge in [-0.05, 0) is 0 Å². The summed E-state index contributed by atoms with van der Waals surface area (Å²) in [4.78, 5) is 23.8. The van der Waals surface area contributed by atoms with Gasteiger partial charge in [-0.2, -0.15) is 0 Å². The Morgan fingerprint density at radius 3 is 2.25 bits per heavy atom. The number of hydrogen-bond donors (Lipinski definition) is 0. The van der Waals surface area contributed by atoms with E-state index in [9.17, 15) is 18.0 Å². The fourth-order valence-corrected chi connectivity index (χ4v) is 2.78. The largest absolute Gasteiger partial charge is 0.466 e. The predicted octanol–water partition coefficient (Wildman–Crippen LogP) is -0.589. The van der Waals surface area contributed by atoms with Gasteiger partial charge in [-0.1, -0.05) is 0 Å². The normalized spacial score (nSPS) is 18.2. The second-order valence-electron chi connectivity index (χ2n) is 4.02. The zero-order valence-corrected chi connectivity index (χ0v) is 12.7. The van der Waals surface area contributed by atoms with Crippen molar-refractivity contribution in [3.63, 3.8) is 0 Å². The summed E-state index contributed by atoms with van der Waals surface area (Å²) < 4.78 is 31.6. The molecule has 0 unspecified atom stereocenters. The molecule has 0 N–H and O–H groups in total. The third-order valence-electron chi connectivity index (χ3n) is 2.65. The van der Waals surface area contributed by atoms with Crippen molar-refractivity contribution in [1.82, 2.24) is 4.90 Å². The van der Waals surface area contributed by atoms with Crippen LogP contribution in [0.2, 0.25) is 0 Å². The van der Waals surface area contributed by atoms with Gasteiger partial charge in [0, 0.05) is 31.8 Å². The fourth-order valence-electron chi connectivity index (χ4n) is 1.50. The van der Waals surface area contributed by atoms with Crippen LogP contribution in [0.25, 0.3) is 0 Å². The number of nitrogens with zero attached hydrogens (tertiary/aromatic N) is 1. The molecule has 1 aliphatic rings. The maximum absolute atomic E-state index is 11.2. The summed E-state index contributed by atoms with van der Waals surface area (Å²) >= 11 is 0. The molecule has 0 bridgehead atoms. The average Bonchev–Trinajstić information content (AvgIpc) is 2.38. The molecule has 1 fully saturated rings. The molecule has 0 amide bonds. The van der Waals surface area contributed by atoms with Crippen LogP contribution in [0, 0.1) is 0 Å². The highest BCUT2D eigenvalue weighted by Gasteiger charge is 2.21. The Labute approximate surface area is 124 Å². The first kappa shape index (κ1) is 18.9. The van der Waals surface area contributed by atoms with Gasteiger partial charge in [-0.3, -0.25) is 4.90 Å². The van der Waals surface area contributed by atoms with Gasteiger partial charge in [0.15, 0.2) is 9.84 Å². The molecule has 0 aliphatic carbocycles. The summed E-state index contributed by atoms with van der Waals surface area (Å²) in [6.45, 7) is 1.55. The van der Waals surface area contributed by atoms with Crippen LogP contribution >= 0.6 is 12.4 Å². The predicted molar refractivity (Wildman–Crippen MR) is 74.5 cm³/mol. The van der Waals surface area contributed by atoms with Crippen molar-refractivity contribution in [3.05, 3.63) is 12.2 Å². The number of halogens is 1. The molecule has 0 aromatic carbocycles. The summed E-state index contributed by atoms with van der Waals surface area (Å²) in [6, 6.07) is 0. The lowest BCUT2D eigenvalue weighted by molar-refractivity contribution is -0.139. The molecule has 7 nitrogen and oxygen atoms in total. The van der Waals surface area contributed by atoms with Crippen LogP contribution in [0.5, 0.6) is 0 Å². The van der Waals surface area contributed by atoms with E-state index in [2.05, 4.69) is 4.74 Å². The molecular weight excluding hydrogens is 310 g/mol. The van der Waals surface area contributed by atoms with E-state index < -0.39 is 21.8 Å². The molecule has 0 atom stereocenters. The van der Waals surface area contributed by atoms with E-state index >= 15 is 0 Å². The van der Waals surface area contributed by atoms with Gasteiger partial charge in [-0.15, -0.1) is 12.4 Å². The zero-order valence-electron chi connectivity index (χ0n) is 11.1. The monoisotopic (exact) mass is 327 g/mol. The Hall–Kier alpha value is -1.12. The number of sulfone groups is 1. The zero-order chi connectivity index (χ0) is 14.3. The third-order valence-corrected chi connectivity index (χ3v) is 4.25. The Kier molecular flexibility index (Phi) is 8.43. The molecule has 1 heterocycles. The number of carbonyl (C=O) groups is 2. The summed E-state index contributed by atoms with van der Waals surface area (Å²) in [7, 11) is -1.68. The quantitative estimate of drug-likeness (QED) is 0.492. The van der Waals surface area contributed by atoms with Crippen LogP contribution in [0.4, 0.5) is 0 Å². The van der Waals surface area contributed by atoms with E-state index in [1.807, 2.05) is 4.90 Å². The van der Waals surface area contributed by atoms with Crippen LogP contribution < -0.4 is 0 Å². The Bertz CT molecular complexity index is 448. The highest BCUT2D eigenvalue weighted by Crippen LogP contribution is 2.03. The lowest BCUT2D eigenvalue weighted by Gasteiger charge is -2.25. The molecule has 0 aromatic rings. The molecule has 116 valence electrons. The van der Waals surface area contributed by atoms with Crippen molar-refractivity contribution in [1.29, 1.82) is 0 Å². The van der Waals surface area contributed by atoms with Gasteiger partial charge in [0.25, 0.3) is 0 Å². The Balaban J connectivity index is 0.00000361. The summed E-state index contributed by atoms with van der Waals surface area (Å²) in [5.41, 5.74) is 0. The maximum atomic E-state index is 11.2. The lowest BCUT2D eigenvalue weighted by Crippen LogP contribution is -2.41. The summed E-state index contributed by atoms with van der Waals surface area (Å²) in [5, 5.41) is 0. The molecule has 0 spiro atoms. The molecule has 1 saturated heterocycles. The molecule has 0 aromatic heterocycles. The van der Waals surface area contributed by atoms with Crippen molar-refractivity contribution >= 4 is 34.2 Å². The van der Waals surface area contributed by atoms with Crippen LogP contribution in [0.3, 0.4) is 0 Å². The number of ether oxygens (including phenoxy) is 2. The van der Waals surface area contributed by atoms with Crippen molar-refractivity contribution in [3.8, 4) is 0 Å². The second kappa shape index (κ2) is 8.93. The average molecular weight is 328 g/mol. The van der Waals surface area contributed by atoms with E-state index in [0.29, 0.717) is 19.6 Å². The van der Waals surface area contributed by atoms with E-state index in [1.54, 1.807) is 0 Å². The van der Waals surface area contributed by atoms with Gasteiger partial charge >= 0.3 is 11.9 Å². The van der Waals surface area contributed by atoms with Crippen LogP contribution in [-0.2, 0) is 28.9 Å². The van der Waals surface area contributed by atoms with Crippen LogP contribution in [-0.4, -0.2) is 70.1 Å². The van der Waals surface area contributed by atoms with Gasteiger partial charge in [-0.25, -0.2) is 18.0 Å². The standard InChI is InChI=1S/C11H17NO6S.ClH/c1-17-10(13)2-3-11(14)18-7-4-12-5-8-19(15,16)9-6-12;/h2-3H,4-9H2,1H3;1H. The Morgan fingerprint density at radius 1 is 1.15 bits per heavy atom. The summed E-state index contributed by atoms with van der Waals surface area (Å²) in [5.74, 6) is -0.972. The fraction of sp³-hybridized carbons (Fsp3) is 0.636. The molecule has 0 saturated carbocycles. The second-order valence-corrected chi connectivity index (χ2v) is 6.32. The Morgan fingerprint density at radius 2 is 1.70 bits per heavy atom. The molecule has 0 radical (unpaired) electrons. The van der Waals surface area contributed by atoms with E-state index in [1.165, 1.54) is 7.11 Å². The van der Waals surface area contributed by atoms with E-state index in [4.69, 9.17) is 4.74 Å². The number of rotatable bonds is 5. The van der Waals surface area contributed by atoms with Crippen LogP contribution in [0.15, 0.2) is 12.2 Å². The lowest BCUT2D eigenvalue weighted by atomic mass is 10.4. The van der Waals surface area contributed by atoms with Crippen molar-refractivity contribution in [2.75, 3.05) is 44.9 Å². The highest BCUT2D eigenvalue weighted by atomic mass is 35.5. The van der Waals surface area contributed by atoms with E-state index in [-0.39, 0.29) is 30.5 Å². The molecule has 1 aliphatic heterocycles. The van der Waals surface area contributed by atoms with Gasteiger partial charge in [0.05, 0.1) is 18.6 Å². The maximum Gasteiger partial charge on any atom is 0.331 e. The third kappa shape index (κ3) is 7.46. The van der Waals surface area contributed by atoms with Crippen molar-refractivity contribution in [2.45, 2.75) is 0 Å². The number of methoxy groups -OCH3 is 1. The van der Waals surface area contributed by atoms with Crippen molar-refractivity contribution in [2.24, 2.45) is 0 Å². The molecular formula is C11H18ClNO6S. The highest BCUT2D eigenvalue weighted by molar-refractivity contribution is 7.91. The van der Waals surface area contributed by atoms with Gasteiger partial charge in [0.2, 0.25) is 0 Å². The molecule has 9 heteroatoms. The van der Waals surface area contributed by atoms with Gasteiger partial charge < -0.3 is 9.47 Å². The van der Waals surface area contributed by atoms with Gasteiger partial charge in [0.1, 0.15) is 6.61 Å². The molecule has 1 rings (SSSR count). The minimum Gasteiger partial charge on any atom is -0.466 e. The minimum atomic E-state index is -2.89. The number of carbonyl (C=O) groups excluding carboxylic acids is 2. The topological polar surface area (TPSA) is 90.0 Å². The smallest absolute Gasteiger partial charge is 0.331 e. The minimum absolute atomic E-state index is 0. The first-order chi connectivity index (χ1) is 8.93. The number of hydrogen-bond acceptors (Lipinski definition) is 7. The summed E-state index contributed by atoms with van der Waals surface area (Å²) in [6.07, 6.45) is 1.97. The molecule has 20 heavy (non-hydrogen) atoms.